The number of nitrogens with zero attached hydrogens (tertiary/aromatic N) is 6. The molecule has 47 nitrogen and oxygen atoms in total. The van der Waals surface area contributed by atoms with E-state index in [4.69, 9.17) is 20.8 Å². The zero-order valence-corrected chi connectivity index (χ0v) is 87.0. The van der Waals surface area contributed by atoms with Gasteiger partial charge in [-0.3, -0.25) is 86.4 Å². The van der Waals surface area contributed by atoms with Crippen LogP contribution in [0.5, 0.6) is 5.75 Å². The molecule has 2 bridgehead atoms. The molecule has 1 unspecified atom stereocenters. The zero-order chi connectivity index (χ0) is 110. The number of unbranched alkanes of at least 4 members (excludes halogenated alkanes) is 1. The molecule has 24 N–H and O–H groups in total. The maximum absolute atomic E-state index is 15.6. The second kappa shape index (κ2) is 56.0. The van der Waals surface area contributed by atoms with Crippen molar-refractivity contribution in [2.24, 2.45) is 23.3 Å². The Hall–Kier alpha value is -13.2. The number of thioether (sulfide) groups is 1. The van der Waals surface area contributed by atoms with Crippen molar-refractivity contribution in [3.8, 4) is 5.75 Å². The van der Waals surface area contributed by atoms with Crippen molar-refractivity contribution in [3.05, 3.63) is 132 Å². The van der Waals surface area contributed by atoms with E-state index in [1.165, 1.54) is 61.8 Å². The second-order valence-corrected chi connectivity index (χ2v) is 40.9. The lowest BCUT2D eigenvalue weighted by molar-refractivity contribution is -0.149. The molecule has 0 aliphatic carbocycles. The van der Waals surface area contributed by atoms with Gasteiger partial charge in [0.05, 0.1) is 49.7 Å². The summed E-state index contributed by atoms with van der Waals surface area (Å²) in [5, 5.41) is 113. The number of aliphatic hydroxyl groups excluding tert-OH is 5. The van der Waals surface area contributed by atoms with Crippen LogP contribution < -0.4 is 80.7 Å². The number of likely N-dealkylation sites (tertiary alicyclic amines) is 1. The van der Waals surface area contributed by atoms with Gasteiger partial charge in [0.15, 0.2) is 0 Å². The Morgan fingerprint density at radius 3 is 2.01 bits per heavy atom. The molecule has 6 aromatic rings. The number of nitrogens with one attached hydrogen (secondary N) is 13. The summed E-state index contributed by atoms with van der Waals surface area (Å²) in [6.45, 7) is 6.56. The highest BCUT2D eigenvalue weighted by Crippen LogP contribution is 2.29. The molecule has 0 radical (unpaired) electrons. The molecule has 818 valence electrons. The van der Waals surface area contributed by atoms with E-state index in [0.717, 1.165) is 39.3 Å². The van der Waals surface area contributed by atoms with Crippen LogP contribution in [0.25, 0.3) is 21.8 Å². The van der Waals surface area contributed by atoms with Crippen LogP contribution in [-0.2, 0) is 123 Å². The van der Waals surface area contributed by atoms with Crippen LogP contribution in [0.15, 0.2) is 109 Å². The third kappa shape index (κ3) is 33.1. The SMILES string of the molecule is CCCC[C@@H](C(=O)N[C@@H](CC(C)C)C(=O)N[C@@H](CSCC(=O)N[C@@H](Cc1ccc(O)cc1)C(=O)N(C)[C@@H](C)C(=O)N[C@@H](CC(N)=O)C(=O)N1CCC[C@H]1C(=O)N[C@H]1CNC[C@@H](O)[C@@H](O)[C@H](O)[C@@H]2OB(OCC2O)c2ccccc2CNCC[C@@H](C(=O)N[C@@H](Cc2cn(CC(=O)O)c3ccccc23)C(=O)N(C)C)NC(=O)[C@H](Cc2c[nH]c3ccccc23)NC(=O)[C@@H]2C[C@@H](O)CN2C(=O)[C@H](CC(C)C)NC1=O)C(=O)NCC(N)=O)N(C)C. The average Bonchev–Trinajstić information content (AvgIpc) is 1.62. The van der Waals surface area contributed by atoms with Crippen LogP contribution >= 0.6 is 11.8 Å². The highest BCUT2D eigenvalue weighted by atomic mass is 32.2. The number of rotatable bonds is 40. The third-order valence-corrected chi connectivity index (χ3v) is 27.8. The van der Waals surface area contributed by atoms with Gasteiger partial charge in [-0.1, -0.05) is 120 Å². The van der Waals surface area contributed by atoms with Crippen LogP contribution in [0.4, 0.5) is 0 Å². The Balaban J connectivity index is 0.904. The highest BCUT2D eigenvalue weighted by Gasteiger charge is 2.48. The molecule has 0 saturated carbocycles. The number of phenols is 1. The average molecular weight is 2110 g/mol. The molecule has 19 atom stereocenters. The number of carboxylic acids is 1. The number of phenolic OH excluding ortho intramolecular Hbond substituents is 1. The van der Waals surface area contributed by atoms with Gasteiger partial charge in [0.1, 0.15) is 103 Å². The van der Waals surface area contributed by atoms with Gasteiger partial charge in [0.2, 0.25) is 94.5 Å². The number of likely N-dealkylation sites (N-methyl/N-ethyl adjacent to an activating group) is 3. The van der Waals surface area contributed by atoms with E-state index in [1.54, 1.807) is 118 Å². The Morgan fingerprint density at radius 2 is 1.33 bits per heavy atom. The molecule has 4 aliphatic heterocycles. The van der Waals surface area contributed by atoms with Crippen molar-refractivity contribution >= 4 is 147 Å². The number of para-hydroxylation sites is 2. The van der Waals surface area contributed by atoms with Crippen LogP contribution in [-0.4, -0.2) is 385 Å². The largest absolute Gasteiger partial charge is 0.508 e. The van der Waals surface area contributed by atoms with Crippen LogP contribution in [0.3, 0.4) is 0 Å². The predicted octanol–water partition coefficient (Wildman–Crippen LogP) is -5.05. The third-order valence-electron chi connectivity index (χ3n) is 26.8. The fourth-order valence-corrected chi connectivity index (χ4v) is 19.6. The molecular weight excluding hydrogens is 1970 g/mol. The summed E-state index contributed by atoms with van der Waals surface area (Å²) in [6.07, 6.45) is -8.05. The number of β-amino-alcohol motifs (C(OH)–C–C–N with tert-alkyl or cyclic N) is 1. The molecule has 10 rings (SSSR count). The quantitative estimate of drug-likeness (QED) is 0.0160. The van der Waals surface area contributed by atoms with Crippen molar-refractivity contribution in [3.63, 3.8) is 0 Å². The highest BCUT2D eigenvalue weighted by molar-refractivity contribution is 8.00. The number of carboxylic acid groups (broad SMARTS) is 1. The monoisotopic (exact) mass is 2110 g/mol. The van der Waals surface area contributed by atoms with Crippen molar-refractivity contribution in [1.29, 1.82) is 0 Å². The minimum Gasteiger partial charge on any atom is -0.508 e. The lowest BCUT2D eigenvalue weighted by atomic mass is 9.73. The van der Waals surface area contributed by atoms with E-state index in [2.05, 4.69) is 68.8 Å². The van der Waals surface area contributed by atoms with Crippen molar-refractivity contribution in [1.82, 2.24) is 97.9 Å². The molecule has 3 saturated heterocycles. The number of fused-ring (bicyclic) bond motifs is 7. The Labute approximate surface area is 873 Å². The Morgan fingerprint density at radius 1 is 0.653 bits per heavy atom. The van der Waals surface area contributed by atoms with Crippen molar-refractivity contribution < 1.29 is 127 Å². The standard InChI is InChI=1S/C101H144BN21O26S/c1-12-13-26-77(118(7)8)95(141)111-68(36-54(2)3)92(138)117-75(90(136)108-47-83(104)129)52-150-53-84(130)109-71(38-57-29-31-61(124)32-30-57)99(145)120(11)56(6)89(135)113-73(42-82(103)128)100(146)122-35-20-28-78(122)96(142)116-74-45-106-46-80(126)86(133)87(134)88-81(127)51-148-102(149-88)65-24-17-14-21-58(65)43-105-34-33-67(91(137)115-72(98(144)119(9)10)40-60-48-121(50-85(131)132)76-27-19-16-23-64(60)76)110-93(139)69(39-59-44-107-66-25-18-15-22-63(59)66)112-97(143)79-41-62(125)49-123(79)101(147)70(37-55(4)5)114-94(74)140/h14-19,21-25,27,29-32,44,48,54-56,62,67-75,77-81,86-88,105-107,124-127,133-134H,12-13,20,26,28,33-43,45-47,49-53H2,1-11H3,(H2,103,128)(H2,104,129)(H,108,136)(H,109,130)(H,110,139)(H,111,141)(H,112,143)(H,113,135)(H,114,140)(H,115,137)(H,116,142)(H,117,138)(H,131,132)/t56-,62+,67-,68-,69-,70-,71-,72-,73-,74-,75-,77-,78-,79-,80+,81?,86+,87-,88+/m0/s1. The van der Waals surface area contributed by atoms with Gasteiger partial charge < -0.3 is 149 Å². The Kier molecular flexibility index (Phi) is 44.3. The molecule has 4 aliphatic rings. The summed E-state index contributed by atoms with van der Waals surface area (Å²) in [5.74, 6) is -17.0. The molecule has 0 spiro atoms. The molecule has 2 aromatic heterocycles. The summed E-state index contributed by atoms with van der Waals surface area (Å²) >= 11 is 0.837. The van der Waals surface area contributed by atoms with Crippen molar-refractivity contribution in [2.75, 3.05) is 92.6 Å². The summed E-state index contributed by atoms with van der Waals surface area (Å²) in [4.78, 5) is 254. The summed E-state index contributed by atoms with van der Waals surface area (Å²) < 4.78 is 13.7. The van der Waals surface area contributed by atoms with Gasteiger partial charge in [-0.2, -0.15) is 0 Å². The van der Waals surface area contributed by atoms with E-state index in [9.17, 15) is 83.7 Å². The number of aliphatic hydroxyl groups is 5. The molecule has 6 heterocycles. The summed E-state index contributed by atoms with van der Waals surface area (Å²) in [7, 11) is 6.26. The van der Waals surface area contributed by atoms with Crippen LogP contribution in [0.2, 0.25) is 0 Å². The first-order chi connectivity index (χ1) is 71.2. The van der Waals surface area contributed by atoms with E-state index >= 15 is 33.6 Å². The number of benzene rings is 4. The number of aromatic amines is 1. The molecule has 150 heavy (non-hydrogen) atoms. The molecule has 4 aromatic carbocycles. The Bertz CT molecular complexity index is 5740. The number of aliphatic carboxylic acids is 1. The summed E-state index contributed by atoms with van der Waals surface area (Å²) in [6, 6.07) is 7.07. The van der Waals surface area contributed by atoms with Crippen LogP contribution in [0, 0.1) is 11.8 Å². The fourth-order valence-electron chi connectivity index (χ4n) is 18.7. The lowest BCUT2D eigenvalue weighted by Crippen LogP contribution is -2.62. The zero-order valence-electron chi connectivity index (χ0n) is 86.2. The molecule has 49 heteroatoms. The fraction of sp³-hybridized carbons (Fsp3) is 0.554. The number of aromatic hydroxyl groups is 1. The second-order valence-electron chi connectivity index (χ2n) is 39.8. The van der Waals surface area contributed by atoms with Gasteiger partial charge in [-0.05, 0) is 130 Å². The minimum atomic E-state index is -2.16. The van der Waals surface area contributed by atoms with Gasteiger partial charge in [-0.15, -0.1) is 11.8 Å². The van der Waals surface area contributed by atoms with E-state index in [1.807, 2.05) is 20.8 Å². The van der Waals surface area contributed by atoms with E-state index in [0.29, 0.717) is 55.9 Å². The number of aromatic nitrogens is 2. The number of carbonyl (C=O) groups is 17. The minimum absolute atomic E-state index is 0.0111. The number of carbonyl (C=O) groups excluding carboxylic acids is 16. The molecular formula is C101H144BN21O26S. The topological polar surface area (TPSA) is 684 Å². The summed E-state index contributed by atoms with van der Waals surface area (Å²) in [5.41, 5.74) is 14.6. The number of hydrogen-bond acceptors (Lipinski definition) is 29. The number of primary amides is 2. The molecule has 3 fully saturated rings. The number of hydrogen-bond donors (Lipinski definition) is 22. The maximum Gasteiger partial charge on any atom is 0.494 e. The predicted molar refractivity (Wildman–Crippen MR) is 551 cm³/mol. The van der Waals surface area contributed by atoms with E-state index in [-0.39, 0.29) is 88.4 Å². The smallest absolute Gasteiger partial charge is 0.494 e. The number of nitrogens with two attached hydrogens (primary N) is 2. The van der Waals surface area contributed by atoms with Gasteiger partial charge in [0.25, 0.3) is 0 Å². The first kappa shape index (κ1) is 119. The van der Waals surface area contributed by atoms with Gasteiger partial charge in [-0.25, -0.2) is 0 Å². The van der Waals surface area contributed by atoms with Crippen molar-refractivity contribution in [2.45, 2.75) is 253 Å². The normalized spacial score (nSPS) is 22.3. The van der Waals surface area contributed by atoms with E-state index < -0.39 is 287 Å². The maximum atomic E-state index is 15.6. The van der Waals surface area contributed by atoms with Gasteiger partial charge >= 0.3 is 13.1 Å². The first-order valence-corrected chi connectivity index (χ1v) is 51.5. The van der Waals surface area contributed by atoms with Gasteiger partial charge in [0, 0.05) is 120 Å². The number of amides is 16. The molecule has 16 amide bonds. The number of H-pyrrole nitrogens is 1. The van der Waals surface area contributed by atoms with Crippen LogP contribution in [0.1, 0.15) is 128 Å². The lowest BCUT2D eigenvalue weighted by Gasteiger charge is -2.38. The first-order valence-electron chi connectivity index (χ1n) is 50.4.